The molecule has 3 rings (SSSR count). The first kappa shape index (κ1) is 25.5. The topological polar surface area (TPSA) is 176 Å². The summed E-state index contributed by atoms with van der Waals surface area (Å²) in [6.07, 6.45) is 2.57. The second-order valence-electron chi connectivity index (χ2n) is 8.28. The van der Waals surface area contributed by atoms with Crippen LogP contribution in [0, 0.1) is 11.3 Å². The third-order valence-corrected chi connectivity index (χ3v) is 4.26. The van der Waals surface area contributed by atoms with Gasteiger partial charge in [0.05, 0.1) is 22.7 Å². The van der Waals surface area contributed by atoms with Crippen molar-refractivity contribution in [2.45, 2.75) is 32.6 Å². The largest absolute Gasteiger partial charge is 0.748 e. The van der Waals surface area contributed by atoms with Gasteiger partial charge < -0.3 is 14.4 Å². The quantitative estimate of drug-likeness (QED) is 0.544. The summed E-state index contributed by atoms with van der Waals surface area (Å²) in [5, 5.41) is 15.7. The summed E-state index contributed by atoms with van der Waals surface area (Å²) >= 11 is 0. The molecule has 0 bridgehead atoms. The zero-order chi connectivity index (χ0) is 24.8. The third-order valence-electron chi connectivity index (χ3n) is 4.26. The SMILES string of the molecule is CC(C)(C)c1cc(NC(=O)Cc2ccc(-c3c[nH+]c(N)c(C#N)c3)cc2)no1.CS(=O)(=O)[O-]. The van der Waals surface area contributed by atoms with Gasteiger partial charge in [-0.15, -0.1) is 0 Å². The van der Waals surface area contributed by atoms with Crippen LogP contribution in [0.3, 0.4) is 0 Å². The molecule has 0 aliphatic heterocycles. The van der Waals surface area contributed by atoms with Gasteiger partial charge >= 0.3 is 0 Å². The minimum absolute atomic E-state index is 0.170. The number of pyridine rings is 1. The summed E-state index contributed by atoms with van der Waals surface area (Å²) in [6.45, 7) is 6.04. The smallest absolute Gasteiger partial charge is 0.288 e. The van der Waals surface area contributed by atoms with E-state index in [2.05, 4.69) is 21.5 Å². The van der Waals surface area contributed by atoms with Crippen LogP contribution in [-0.2, 0) is 26.7 Å². The number of carbonyl (C=O) groups excluding carboxylic acids is 1. The van der Waals surface area contributed by atoms with Crippen molar-refractivity contribution in [2.75, 3.05) is 17.3 Å². The molecule has 2 heterocycles. The molecule has 0 spiro atoms. The number of amides is 1. The Balaban J connectivity index is 0.000000696. The van der Waals surface area contributed by atoms with E-state index < -0.39 is 10.1 Å². The fraction of sp³-hybridized carbons (Fsp3) is 0.273. The monoisotopic (exact) mass is 471 g/mol. The van der Waals surface area contributed by atoms with Crippen LogP contribution in [0.1, 0.15) is 37.7 Å². The number of nitrogens with two attached hydrogens (primary N) is 1. The molecule has 174 valence electrons. The normalized spacial score (nSPS) is 11.2. The van der Waals surface area contributed by atoms with Crippen LogP contribution in [0.25, 0.3) is 11.1 Å². The van der Waals surface area contributed by atoms with Crippen molar-refractivity contribution in [3.63, 3.8) is 0 Å². The summed E-state index contributed by atoms with van der Waals surface area (Å²) in [5.41, 5.74) is 8.56. The maximum atomic E-state index is 12.3. The number of anilines is 2. The Morgan fingerprint density at radius 3 is 2.36 bits per heavy atom. The van der Waals surface area contributed by atoms with Crippen molar-refractivity contribution in [3.05, 3.63) is 59.5 Å². The van der Waals surface area contributed by atoms with E-state index in [1.165, 1.54) is 0 Å². The van der Waals surface area contributed by atoms with Crippen LogP contribution in [0.2, 0.25) is 0 Å². The van der Waals surface area contributed by atoms with Gasteiger partial charge in [0.25, 0.3) is 5.82 Å². The maximum absolute atomic E-state index is 12.3. The summed E-state index contributed by atoms with van der Waals surface area (Å²) < 4.78 is 32.5. The van der Waals surface area contributed by atoms with Crippen LogP contribution in [0.15, 0.2) is 47.1 Å². The van der Waals surface area contributed by atoms with E-state index in [0.717, 1.165) is 16.7 Å². The number of nitrogens with one attached hydrogen (secondary N) is 2. The zero-order valence-corrected chi connectivity index (χ0v) is 19.5. The summed E-state index contributed by atoms with van der Waals surface area (Å²) in [6, 6.07) is 13.1. The first-order chi connectivity index (χ1) is 15.3. The highest BCUT2D eigenvalue weighted by molar-refractivity contribution is 7.84. The Bertz CT molecular complexity index is 1260. The van der Waals surface area contributed by atoms with Crippen LogP contribution < -0.4 is 16.0 Å². The Morgan fingerprint density at radius 2 is 1.85 bits per heavy atom. The molecule has 10 nitrogen and oxygen atoms in total. The molecule has 0 saturated heterocycles. The van der Waals surface area contributed by atoms with Crippen molar-refractivity contribution in [2.24, 2.45) is 0 Å². The molecule has 0 aliphatic rings. The number of benzene rings is 1. The number of carbonyl (C=O) groups is 1. The van der Waals surface area contributed by atoms with Crippen molar-refractivity contribution >= 4 is 27.7 Å². The molecule has 0 atom stereocenters. The average Bonchev–Trinajstić information content (AvgIpc) is 3.16. The molecule has 1 amide bonds. The molecule has 2 aromatic heterocycles. The molecule has 3 aromatic rings. The first-order valence-corrected chi connectivity index (χ1v) is 11.6. The number of aromatic nitrogens is 2. The lowest BCUT2D eigenvalue weighted by Crippen LogP contribution is -2.14. The van der Waals surface area contributed by atoms with Crippen LogP contribution in [0.4, 0.5) is 11.6 Å². The van der Waals surface area contributed by atoms with Gasteiger partial charge in [0.15, 0.2) is 5.82 Å². The van der Waals surface area contributed by atoms with Gasteiger partial charge in [-0.2, -0.15) is 5.26 Å². The van der Waals surface area contributed by atoms with E-state index in [1.54, 1.807) is 18.3 Å². The zero-order valence-electron chi connectivity index (χ0n) is 18.7. The predicted molar refractivity (Wildman–Crippen MR) is 121 cm³/mol. The van der Waals surface area contributed by atoms with E-state index in [4.69, 9.17) is 28.5 Å². The lowest BCUT2D eigenvalue weighted by Gasteiger charge is -2.12. The van der Waals surface area contributed by atoms with Gasteiger partial charge in [-0.25, -0.2) is 13.4 Å². The highest BCUT2D eigenvalue weighted by atomic mass is 32.2. The van der Waals surface area contributed by atoms with E-state index in [1.807, 2.05) is 45.0 Å². The minimum atomic E-state index is -3.92. The van der Waals surface area contributed by atoms with E-state index in [9.17, 15) is 4.79 Å². The number of nitriles is 1. The number of hydrogen-bond acceptors (Lipinski definition) is 8. The molecule has 4 N–H and O–H groups in total. The summed E-state index contributed by atoms with van der Waals surface area (Å²) in [7, 11) is -3.92. The standard InChI is InChI=1S/C21H21N5O2.CH4O3S/c1-21(2,3)17-10-18(26-28-17)25-19(27)8-13-4-6-14(7-5-13)16-9-15(11-22)20(23)24-12-16;1-5(2,3)4/h4-7,9-10,12H,8H2,1-3H3,(H2,23,24)(H,25,26,27);1H3,(H,2,3,4). The van der Waals surface area contributed by atoms with E-state index >= 15 is 0 Å². The number of hydrogen-bond donors (Lipinski definition) is 2. The van der Waals surface area contributed by atoms with Crippen LogP contribution in [0.5, 0.6) is 0 Å². The fourth-order valence-corrected chi connectivity index (χ4v) is 2.64. The van der Waals surface area contributed by atoms with Crippen LogP contribution in [-0.4, -0.2) is 30.3 Å². The highest BCUT2D eigenvalue weighted by Crippen LogP contribution is 2.24. The number of rotatable bonds is 4. The second kappa shape index (κ2) is 10.2. The Labute approximate surface area is 192 Å². The van der Waals surface area contributed by atoms with Gasteiger partial charge in [-0.05, 0) is 17.2 Å². The Kier molecular flexibility index (Phi) is 7.92. The van der Waals surface area contributed by atoms with Gasteiger partial charge in [0, 0.05) is 23.3 Å². The maximum Gasteiger partial charge on any atom is 0.288 e. The molecule has 1 aromatic carbocycles. The van der Waals surface area contributed by atoms with Gasteiger partial charge in [0.2, 0.25) is 5.91 Å². The predicted octanol–water partition coefficient (Wildman–Crippen LogP) is 2.25. The van der Waals surface area contributed by atoms with E-state index in [0.29, 0.717) is 29.2 Å². The Hall–Kier alpha value is -3.75. The molecule has 0 fully saturated rings. The van der Waals surface area contributed by atoms with Crippen molar-refractivity contribution in [1.29, 1.82) is 5.26 Å². The number of nitrogens with zero attached hydrogens (tertiary/aromatic N) is 2. The van der Waals surface area contributed by atoms with Crippen LogP contribution >= 0.6 is 0 Å². The minimum Gasteiger partial charge on any atom is -0.748 e. The molecule has 0 saturated carbocycles. The molecule has 0 radical (unpaired) electrons. The van der Waals surface area contributed by atoms with Crippen molar-refractivity contribution in [1.82, 2.24) is 5.16 Å². The number of aromatic amines is 1. The lowest BCUT2D eigenvalue weighted by molar-refractivity contribution is -0.359. The molecule has 0 aliphatic carbocycles. The number of H-pyrrole nitrogens is 1. The second-order valence-corrected chi connectivity index (χ2v) is 9.69. The fourth-order valence-electron chi connectivity index (χ4n) is 2.64. The first-order valence-electron chi connectivity index (χ1n) is 9.75. The third kappa shape index (κ3) is 8.36. The van der Waals surface area contributed by atoms with Gasteiger partial charge in [0.1, 0.15) is 17.4 Å². The molecule has 0 unspecified atom stereocenters. The van der Waals surface area contributed by atoms with Crippen molar-refractivity contribution in [3.8, 4) is 17.2 Å². The number of nitrogen functional groups attached to an aromatic ring is 1. The molecular formula is C22H25N5O5S. The van der Waals surface area contributed by atoms with Gasteiger partial charge in [-0.1, -0.05) is 50.2 Å². The summed E-state index contributed by atoms with van der Waals surface area (Å²) in [5.74, 6) is 1.29. The van der Waals surface area contributed by atoms with E-state index in [-0.39, 0.29) is 17.7 Å². The highest BCUT2D eigenvalue weighted by Gasteiger charge is 2.20. The average molecular weight is 472 g/mol. The summed E-state index contributed by atoms with van der Waals surface area (Å²) in [4.78, 5) is 15.1. The lowest BCUT2D eigenvalue weighted by atomic mass is 9.93. The van der Waals surface area contributed by atoms with Crippen molar-refractivity contribution < 1.29 is 27.3 Å². The molecule has 11 heteroatoms. The molecule has 33 heavy (non-hydrogen) atoms. The van der Waals surface area contributed by atoms with Gasteiger partial charge in [-0.3, -0.25) is 10.5 Å². The Morgan fingerprint density at radius 1 is 1.24 bits per heavy atom. The molecular weight excluding hydrogens is 446 g/mol.